The van der Waals surface area contributed by atoms with Crippen LogP contribution in [0.3, 0.4) is 0 Å². The first-order valence-corrected chi connectivity index (χ1v) is 19.1. The molecule has 2 aliphatic rings. The van der Waals surface area contributed by atoms with Crippen LogP contribution in [0, 0.1) is 27.7 Å². The third-order valence-corrected chi connectivity index (χ3v) is 12.0. The van der Waals surface area contributed by atoms with Crippen molar-refractivity contribution in [3.05, 3.63) is 19.5 Å². The van der Waals surface area contributed by atoms with Gasteiger partial charge in [0.2, 0.25) is 0 Å². The third-order valence-electron chi connectivity index (χ3n) is 7.22. The van der Waals surface area contributed by atoms with Crippen molar-refractivity contribution in [1.82, 2.24) is 0 Å². The summed E-state index contributed by atoms with van der Waals surface area (Å²) >= 11 is 3.27. The Labute approximate surface area is 268 Å². The fourth-order valence-corrected chi connectivity index (χ4v) is 8.27. The normalized spacial score (nSPS) is 19.2. The van der Waals surface area contributed by atoms with Crippen molar-refractivity contribution in [3.8, 4) is 23.0 Å². The van der Waals surface area contributed by atoms with Crippen LogP contribution in [-0.4, -0.2) is 88.3 Å². The molecule has 2 aromatic heterocycles. The zero-order chi connectivity index (χ0) is 32.7. The Morgan fingerprint density at radius 1 is 0.750 bits per heavy atom. The highest BCUT2D eigenvalue weighted by Gasteiger charge is 2.28. The lowest BCUT2D eigenvalue weighted by atomic mass is 10.2. The number of fused-ring (bicyclic) bond motifs is 2. The second-order valence-corrected chi connectivity index (χ2v) is 16.8. The lowest BCUT2D eigenvalue weighted by Gasteiger charge is -2.26. The molecular formula is C28H43O12S4-. The van der Waals surface area contributed by atoms with Gasteiger partial charge in [0.1, 0.15) is 13.2 Å². The molecule has 0 radical (unpaired) electrons. The molecule has 44 heavy (non-hydrogen) atoms. The maximum absolute atomic E-state index is 11.1. The summed E-state index contributed by atoms with van der Waals surface area (Å²) in [5.74, 6) is 3.18. The Hall–Kier alpha value is -1.66. The maximum atomic E-state index is 11.1. The first-order valence-electron chi connectivity index (χ1n) is 14.5. The number of hydrogen-bond acceptors (Lipinski definition) is 13. The molecule has 0 saturated carbocycles. The molecule has 4 unspecified atom stereocenters. The van der Waals surface area contributed by atoms with Crippen LogP contribution in [-0.2, 0) is 29.7 Å². The Bertz CT molecular complexity index is 1320. The Morgan fingerprint density at radius 3 is 1.50 bits per heavy atom. The Morgan fingerprint density at radius 2 is 1.14 bits per heavy atom. The lowest BCUT2D eigenvalue weighted by Crippen LogP contribution is -2.34. The molecule has 4 rings (SSSR count). The molecule has 12 nitrogen and oxygen atoms in total. The van der Waals surface area contributed by atoms with Gasteiger partial charge >= 0.3 is 0 Å². The van der Waals surface area contributed by atoms with Gasteiger partial charge in [-0.1, -0.05) is 13.8 Å². The summed E-state index contributed by atoms with van der Waals surface area (Å²) in [7, 11) is -8.25. The minimum Gasteiger partial charge on any atom is -0.748 e. The van der Waals surface area contributed by atoms with Crippen molar-refractivity contribution < 1.29 is 54.4 Å². The average molecular weight is 700 g/mol. The monoisotopic (exact) mass is 699 g/mol. The zero-order valence-corrected chi connectivity index (χ0v) is 29.2. The van der Waals surface area contributed by atoms with Crippen molar-refractivity contribution in [3.63, 3.8) is 0 Å². The van der Waals surface area contributed by atoms with Gasteiger partial charge in [-0.15, -0.1) is 22.7 Å². The van der Waals surface area contributed by atoms with Gasteiger partial charge in [0, 0.05) is 32.7 Å². The highest BCUT2D eigenvalue weighted by molar-refractivity contribution is 7.86. The number of hydrogen-bond donors (Lipinski definition) is 1. The zero-order valence-electron chi connectivity index (χ0n) is 26.0. The van der Waals surface area contributed by atoms with Gasteiger partial charge < -0.3 is 33.0 Å². The lowest BCUT2D eigenvalue weighted by molar-refractivity contribution is 0.00795. The molecule has 252 valence electrons. The summed E-state index contributed by atoms with van der Waals surface area (Å²) < 4.78 is 98.3. The molecule has 0 fully saturated rings. The molecule has 0 aliphatic carbocycles. The van der Waals surface area contributed by atoms with Gasteiger partial charge in [-0.05, 0) is 53.4 Å². The smallest absolute Gasteiger partial charge is 0.267 e. The van der Waals surface area contributed by atoms with Gasteiger partial charge in [-0.3, -0.25) is 4.55 Å². The van der Waals surface area contributed by atoms with E-state index in [0.29, 0.717) is 39.3 Å². The summed E-state index contributed by atoms with van der Waals surface area (Å²) in [6.07, 6.45) is 0.717. The van der Waals surface area contributed by atoms with Crippen molar-refractivity contribution in [2.24, 2.45) is 0 Å². The first-order chi connectivity index (χ1) is 20.6. The molecule has 0 bridgehead atoms. The van der Waals surface area contributed by atoms with E-state index in [2.05, 4.69) is 0 Å². The number of aryl methyl sites for hydroxylation is 4. The van der Waals surface area contributed by atoms with Crippen molar-refractivity contribution in [1.29, 1.82) is 0 Å². The largest absolute Gasteiger partial charge is 0.748 e. The molecule has 16 heteroatoms. The van der Waals surface area contributed by atoms with E-state index in [1.54, 1.807) is 36.5 Å². The highest BCUT2D eigenvalue weighted by Crippen LogP contribution is 2.44. The Kier molecular flexibility index (Phi) is 13.6. The predicted molar refractivity (Wildman–Crippen MR) is 168 cm³/mol. The topological polar surface area (TPSA) is 167 Å². The van der Waals surface area contributed by atoms with Crippen LogP contribution in [0.4, 0.5) is 0 Å². The number of thiophene rings is 2. The van der Waals surface area contributed by atoms with Crippen molar-refractivity contribution in [2.75, 3.05) is 39.6 Å². The van der Waals surface area contributed by atoms with Crippen LogP contribution in [0.25, 0.3) is 0 Å². The van der Waals surface area contributed by atoms with E-state index in [1.165, 1.54) is 0 Å². The van der Waals surface area contributed by atoms with Crippen LogP contribution in [0.15, 0.2) is 0 Å². The number of rotatable bonds is 14. The van der Waals surface area contributed by atoms with E-state index < -0.39 is 30.7 Å². The van der Waals surface area contributed by atoms with E-state index >= 15 is 0 Å². The minimum atomic E-state index is -4.25. The van der Waals surface area contributed by atoms with Crippen LogP contribution in [0.5, 0.6) is 23.0 Å². The standard InChI is InChI=1S/2C14H22O6S2/c2*1-4-12(22(15,16)17)5-6-18-7-11-8-19-13-9(2)21-10(3)14(13)20-11/h2*11-12H,4-8H2,1-3H3,(H,15,16,17)/p-1. The summed E-state index contributed by atoms with van der Waals surface area (Å²) in [6, 6.07) is 0. The molecule has 1 N–H and O–H groups in total. The molecule has 2 aromatic rings. The van der Waals surface area contributed by atoms with Crippen LogP contribution >= 0.6 is 22.7 Å². The van der Waals surface area contributed by atoms with E-state index in [0.717, 1.165) is 42.5 Å². The van der Waals surface area contributed by atoms with E-state index in [4.69, 9.17) is 33.0 Å². The molecule has 4 atom stereocenters. The van der Waals surface area contributed by atoms with Crippen molar-refractivity contribution in [2.45, 2.75) is 89.9 Å². The van der Waals surface area contributed by atoms with Gasteiger partial charge in [-0.2, -0.15) is 8.42 Å². The second kappa shape index (κ2) is 16.3. The molecule has 2 aliphatic heterocycles. The minimum absolute atomic E-state index is 0.203. The third kappa shape index (κ3) is 10.2. The number of ether oxygens (including phenoxy) is 6. The fraction of sp³-hybridized carbons (Fsp3) is 0.714. The average Bonchev–Trinajstić information content (AvgIpc) is 3.40. The summed E-state index contributed by atoms with van der Waals surface area (Å²) in [4.78, 5) is 4.35. The van der Waals surface area contributed by atoms with Crippen molar-refractivity contribution >= 4 is 42.9 Å². The molecular weight excluding hydrogens is 657 g/mol. The molecule has 0 spiro atoms. The maximum Gasteiger partial charge on any atom is 0.267 e. The molecule has 4 heterocycles. The van der Waals surface area contributed by atoms with Crippen LogP contribution in [0.1, 0.15) is 59.0 Å². The molecule has 0 aromatic carbocycles. The first kappa shape index (κ1) is 36.8. The van der Waals surface area contributed by atoms with Gasteiger partial charge in [0.05, 0.1) is 33.8 Å². The Balaban J connectivity index is 0.000000240. The fourth-order valence-electron chi connectivity index (χ4n) is 4.79. The van der Waals surface area contributed by atoms with Crippen LogP contribution < -0.4 is 18.9 Å². The summed E-state index contributed by atoms with van der Waals surface area (Å²) in [5.41, 5.74) is 0. The summed E-state index contributed by atoms with van der Waals surface area (Å²) in [5, 5.41) is -1.66. The van der Waals surface area contributed by atoms with E-state index in [1.807, 2.05) is 27.7 Å². The molecule has 0 amide bonds. The van der Waals surface area contributed by atoms with Gasteiger partial charge in [0.25, 0.3) is 10.1 Å². The second-order valence-electron chi connectivity index (χ2n) is 10.6. The van der Waals surface area contributed by atoms with E-state index in [9.17, 15) is 21.4 Å². The SMILES string of the molecule is CCC(CCOCC1COc2c(C)sc(C)c2O1)S(=O)(=O)O.CCC(CCOCC1COc2c(C)sc(C)c2O1)S(=O)(=O)[O-]. The van der Waals surface area contributed by atoms with E-state index in [-0.39, 0.29) is 38.3 Å². The predicted octanol–water partition coefficient (Wildman–Crippen LogP) is 4.81. The highest BCUT2D eigenvalue weighted by atomic mass is 32.2. The van der Waals surface area contributed by atoms with Gasteiger partial charge in [-0.25, -0.2) is 8.42 Å². The molecule has 0 saturated heterocycles. The van der Waals surface area contributed by atoms with Crippen LogP contribution in [0.2, 0.25) is 0 Å². The summed E-state index contributed by atoms with van der Waals surface area (Å²) in [6.45, 7) is 13.3. The quantitative estimate of drug-likeness (QED) is 0.211. The van der Waals surface area contributed by atoms with Gasteiger partial charge in [0.15, 0.2) is 35.2 Å².